The summed E-state index contributed by atoms with van der Waals surface area (Å²) < 4.78 is 10.3. The maximum absolute atomic E-state index is 8.52. The first-order chi connectivity index (χ1) is 6.86. The number of aliphatic hydroxyl groups is 1. The van der Waals surface area contributed by atoms with Gasteiger partial charge in [-0.05, 0) is 18.9 Å². The van der Waals surface area contributed by atoms with Gasteiger partial charge in [0, 0.05) is 20.2 Å². The van der Waals surface area contributed by atoms with Crippen molar-refractivity contribution in [2.75, 3.05) is 53.2 Å². The zero-order chi connectivity index (χ0) is 10.2. The van der Waals surface area contributed by atoms with Crippen molar-refractivity contribution in [1.82, 2.24) is 4.90 Å². The van der Waals surface area contributed by atoms with Crippen LogP contribution in [0, 0.1) is 5.92 Å². The summed E-state index contributed by atoms with van der Waals surface area (Å²) in [5, 5.41) is 8.52. The van der Waals surface area contributed by atoms with E-state index in [1.807, 2.05) is 0 Å². The van der Waals surface area contributed by atoms with Gasteiger partial charge in [-0.25, -0.2) is 0 Å². The lowest BCUT2D eigenvalue weighted by atomic mass is 10.1. The van der Waals surface area contributed by atoms with Crippen molar-refractivity contribution in [1.29, 1.82) is 0 Å². The van der Waals surface area contributed by atoms with E-state index in [0.29, 0.717) is 12.5 Å². The number of rotatable bonds is 7. The van der Waals surface area contributed by atoms with Crippen LogP contribution < -0.4 is 0 Å². The van der Waals surface area contributed by atoms with Crippen LogP contribution in [0.4, 0.5) is 0 Å². The minimum atomic E-state index is 0.117. The molecule has 1 atom stereocenters. The van der Waals surface area contributed by atoms with Crippen LogP contribution in [0.15, 0.2) is 0 Å². The molecular weight excluding hydrogens is 182 g/mol. The molecule has 1 rings (SSSR count). The first-order valence-corrected chi connectivity index (χ1v) is 5.26. The lowest BCUT2D eigenvalue weighted by molar-refractivity contribution is 0.0760. The maximum Gasteiger partial charge on any atom is 0.0698 e. The quantitative estimate of drug-likeness (QED) is 0.590. The summed E-state index contributed by atoms with van der Waals surface area (Å²) in [5.41, 5.74) is 0. The third-order valence-electron chi connectivity index (χ3n) is 2.56. The van der Waals surface area contributed by atoms with Crippen LogP contribution in [0.3, 0.4) is 0 Å². The van der Waals surface area contributed by atoms with E-state index < -0.39 is 0 Å². The molecule has 0 aliphatic carbocycles. The van der Waals surface area contributed by atoms with Gasteiger partial charge in [0.05, 0.1) is 26.4 Å². The van der Waals surface area contributed by atoms with Gasteiger partial charge in [-0.15, -0.1) is 0 Å². The zero-order valence-corrected chi connectivity index (χ0v) is 8.95. The Morgan fingerprint density at radius 1 is 1.43 bits per heavy atom. The molecule has 1 N–H and O–H groups in total. The van der Waals surface area contributed by atoms with Crippen molar-refractivity contribution < 1.29 is 14.6 Å². The summed E-state index contributed by atoms with van der Waals surface area (Å²) in [5.74, 6) is 0.692. The average molecular weight is 203 g/mol. The number of likely N-dealkylation sites (tertiary alicyclic amines) is 1. The molecule has 4 nitrogen and oxygen atoms in total. The molecule has 4 heteroatoms. The zero-order valence-electron chi connectivity index (χ0n) is 8.95. The SMILES string of the molecule is COCC1CCN(CCOCCO)C1. The van der Waals surface area contributed by atoms with E-state index >= 15 is 0 Å². The molecule has 0 saturated carbocycles. The Morgan fingerprint density at radius 2 is 2.29 bits per heavy atom. The second-order valence-electron chi connectivity index (χ2n) is 3.75. The minimum Gasteiger partial charge on any atom is -0.394 e. The fraction of sp³-hybridized carbons (Fsp3) is 1.00. The largest absolute Gasteiger partial charge is 0.394 e. The molecule has 0 aromatic carbocycles. The summed E-state index contributed by atoms with van der Waals surface area (Å²) >= 11 is 0. The van der Waals surface area contributed by atoms with E-state index in [9.17, 15) is 0 Å². The number of hydrogen-bond acceptors (Lipinski definition) is 4. The molecule has 0 spiro atoms. The fourth-order valence-corrected chi connectivity index (χ4v) is 1.85. The van der Waals surface area contributed by atoms with E-state index in [-0.39, 0.29) is 6.61 Å². The number of methoxy groups -OCH3 is 1. The third-order valence-corrected chi connectivity index (χ3v) is 2.56. The highest BCUT2D eigenvalue weighted by Crippen LogP contribution is 2.15. The summed E-state index contributed by atoms with van der Waals surface area (Å²) in [6.07, 6.45) is 1.23. The van der Waals surface area contributed by atoms with Gasteiger partial charge in [-0.1, -0.05) is 0 Å². The fourth-order valence-electron chi connectivity index (χ4n) is 1.85. The van der Waals surface area contributed by atoms with Crippen LogP contribution in [-0.2, 0) is 9.47 Å². The molecule has 1 heterocycles. The molecule has 84 valence electrons. The highest BCUT2D eigenvalue weighted by Gasteiger charge is 2.21. The second-order valence-corrected chi connectivity index (χ2v) is 3.75. The smallest absolute Gasteiger partial charge is 0.0698 e. The Hall–Kier alpha value is -0.160. The van der Waals surface area contributed by atoms with E-state index in [2.05, 4.69) is 4.90 Å². The van der Waals surface area contributed by atoms with Crippen molar-refractivity contribution in [3.8, 4) is 0 Å². The normalized spacial score (nSPS) is 23.1. The van der Waals surface area contributed by atoms with Crippen LogP contribution in [0.2, 0.25) is 0 Å². The van der Waals surface area contributed by atoms with E-state index in [0.717, 1.165) is 32.8 Å². The molecule has 1 saturated heterocycles. The van der Waals surface area contributed by atoms with Crippen LogP contribution in [0.1, 0.15) is 6.42 Å². The molecule has 1 unspecified atom stereocenters. The number of ether oxygens (including phenoxy) is 2. The summed E-state index contributed by atoms with van der Waals surface area (Å²) in [6.45, 7) is 5.41. The van der Waals surface area contributed by atoms with Crippen LogP contribution in [0.25, 0.3) is 0 Å². The first-order valence-electron chi connectivity index (χ1n) is 5.26. The topological polar surface area (TPSA) is 41.9 Å². The third kappa shape index (κ3) is 4.37. The number of aliphatic hydroxyl groups excluding tert-OH is 1. The van der Waals surface area contributed by atoms with Gasteiger partial charge in [0.2, 0.25) is 0 Å². The van der Waals surface area contributed by atoms with Crippen LogP contribution in [0.5, 0.6) is 0 Å². The standard InChI is InChI=1S/C10H21NO3/c1-13-9-10-2-3-11(8-10)4-6-14-7-5-12/h10,12H,2-9H2,1H3. The highest BCUT2D eigenvalue weighted by atomic mass is 16.5. The molecule has 0 radical (unpaired) electrons. The van der Waals surface area contributed by atoms with Gasteiger partial charge in [-0.3, -0.25) is 0 Å². The number of hydrogen-bond donors (Lipinski definition) is 1. The van der Waals surface area contributed by atoms with Gasteiger partial charge in [0.15, 0.2) is 0 Å². The Bertz CT molecular complexity index is 143. The molecule has 1 aliphatic heterocycles. The van der Waals surface area contributed by atoms with Crippen LogP contribution >= 0.6 is 0 Å². The highest BCUT2D eigenvalue weighted by molar-refractivity contribution is 4.74. The van der Waals surface area contributed by atoms with Gasteiger partial charge >= 0.3 is 0 Å². The molecule has 1 aliphatic rings. The van der Waals surface area contributed by atoms with Crippen molar-refractivity contribution >= 4 is 0 Å². The van der Waals surface area contributed by atoms with Crippen molar-refractivity contribution in [3.05, 3.63) is 0 Å². The Morgan fingerprint density at radius 3 is 3.00 bits per heavy atom. The lowest BCUT2D eigenvalue weighted by Crippen LogP contribution is -2.26. The molecule has 1 fully saturated rings. The van der Waals surface area contributed by atoms with Crippen molar-refractivity contribution in [2.45, 2.75) is 6.42 Å². The predicted molar refractivity (Wildman–Crippen MR) is 54.3 cm³/mol. The van der Waals surface area contributed by atoms with E-state index in [4.69, 9.17) is 14.6 Å². The monoisotopic (exact) mass is 203 g/mol. The second kappa shape index (κ2) is 7.17. The average Bonchev–Trinajstić information content (AvgIpc) is 2.61. The van der Waals surface area contributed by atoms with Crippen LogP contribution in [-0.4, -0.2) is 63.2 Å². The Balaban J connectivity index is 1.98. The van der Waals surface area contributed by atoms with E-state index in [1.54, 1.807) is 7.11 Å². The summed E-state index contributed by atoms with van der Waals surface area (Å²) in [7, 11) is 1.76. The number of nitrogens with zero attached hydrogens (tertiary/aromatic N) is 1. The molecule has 0 amide bonds. The van der Waals surface area contributed by atoms with Gasteiger partial charge in [-0.2, -0.15) is 0 Å². The molecule has 0 bridgehead atoms. The van der Waals surface area contributed by atoms with Gasteiger partial charge in [0.1, 0.15) is 0 Å². The minimum absolute atomic E-state index is 0.117. The molecule has 0 aromatic heterocycles. The van der Waals surface area contributed by atoms with Gasteiger partial charge in [0.25, 0.3) is 0 Å². The first kappa shape index (κ1) is 11.9. The van der Waals surface area contributed by atoms with Crippen molar-refractivity contribution in [3.63, 3.8) is 0 Å². The summed E-state index contributed by atoms with van der Waals surface area (Å²) in [4.78, 5) is 2.39. The van der Waals surface area contributed by atoms with Crippen molar-refractivity contribution in [2.24, 2.45) is 5.92 Å². The van der Waals surface area contributed by atoms with E-state index in [1.165, 1.54) is 6.42 Å². The predicted octanol–water partition coefficient (Wildman–Crippen LogP) is -0.0364. The van der Waals surface area contributed by atoms with Gasteiger partial charge < -0.3 is 19.5 Å². The lowest BCUT2D eigenvalue weighted by Gasteiger charge is -2.15. The molecular formula is C10H21NO3. The summed E-state index contributed by atoms with van der Waals surface area (Å²) in [6, 6.07) is 0. The molecule has 14 heavy (non-hydrogen) atoms. The molecule has 0 aromatic rings. The Labute approximate surface area is 85.8 Å². The Kier molecular flexibility index (Phi) is 6.10. The maximum atomic E-state index is 8.52.